The maximum Gasteiger partial charge on any atom is 0.305 e. The normalized spacial score (nSPS) is 19.4. The van der Waals surface area contributed by atoms with Gasteiger partial charge in [0.15, 0.2) is 0 Å². The topological polar surface area (TPSA) is 96.7 Å². The second-order valence-corrected chi connectivity index (χ2v) is 5.07. The minimum atomic E-state index is -0.989. The Hall–Kier alpha value is -2.09. The van der Waals surface area contributed by atoms with Gasteiger partial charge in [0, 0.05) is 26.7 Å². The van der Waals surface area contributed by atoms with Gasteiger partial charge in [-0.3, -0.25) is 14.5 Å². The second-order valence-electron chi connectivity index (χ2n) is 5.07. The molecule has 2 N–H and O–H groups in total. The summed E-state index contributed by atoms with van der Waals surface area (Å²) in [5, 5.41) is 16.0. The van der Waals surface area contributed by atoms with Gasteiger partial charge in [0.05, 0.1) is 24.8 Å². The second kappa shape index (κ2) is 6.13. The average Bonchev–Trinajstić information content (AvgIpc) is 2.67. The zero-order valence-corrected chi connectivity index (χ0v) is 12.4. The van der Waals surface area contributed by atoms with Crippen LogP contribution in [0.4, 0.5) is 0 Å². The van der Waals surface area contributed by atoms with E-state index in [2.05, 4.69) is 10.4 Å². The lowest BCUT2D eigenvalue weighted by molar-refractivity contribution is -0.143. The van der Waals surface area contributed by atoms with Crippen LogP contribution in [0, 0.1) is 6.92 Å². The van der Waals surface area contributed by atoms with Gasteiger partial charge >= 0.3 is 5.97 Å². The average molecular weight is 296 g/mol. The molecular weight excluding hydrogens is 276 g/mol. The highest BCUT2D eigenvalue weighted by Gasteiger charge is 2.32. The molecule has 0 bridgehead atoms. The summed E-state index contributed by atoms with van der Waals surface area (Å²) >= 11 is 0. The van der Waals surface area contributed by atoms with Crippen molar-refractivity contribution in [2.75, 3.05) is 20.2 Å². The van der Waals surface area contributed by atoms with Gasteiger partial charge in [-0.2, -0.15) is 5.10 Å². The quantitative estimate of drug-likeness (QED) is 0.761. The lowest BCUT2D eigenvalue weighted by Crippen LogP contribution is -2.55. The Morgan fingerprint density at radius 3 is 2.90 bits per heavy atom. The molecule has 2 rings (SSSR count). The number of hydrogen-bond donors (Lipinski definition) is 2. The van der Waals surface area contributed by atoms with Gasteiger partial charge in [0.2, 0.25) is 11.8 Å². The van der Waals surface area contributed by atoms with Crippen LogP contribution in [0.3, 0.4) is 0 Å². The summed E-state index contributed by atoms with van der Waals surface area (Å²) in [4.78, 5) is 24.7. The molecule has 0 saturated carbocycles. The van der Waals surface area contributed by atoms with Crippen molar-refractivity contribution in [1.82, 2.24) is 20.0 Å². The predicted octanol–water partition coefficient (Wildman–Crippen LogP) is -0.488. The Bertz CT molecular complexity index is 555. The van der Waals surface area contributed by atoms with E-state index in [0.717, 1.165) is 11.3 Å². The minimum Gasteiger partial charge on any atom is -0.481 e. The fourth-order valence-electron chi connectivity index (χ4n) is 2.66. The zero-order chi connectivity index (χ0) is 15.6. The minimum absolute atomic E-state index is 0.215. The van der Waals surface area contributed by atoms with E-state index in [0.29, 0.717) is 25.5 Å². The molecule has 1 fully saturated rings. The number of nitrogens with one attached hydrogen (secondary N) is 1. The van der Waals surface area contributed by atoms with Crippen LogP contribution in [0.1, 0.15) is 17.7 Å². The highest BCUT2D eigenvalue weighted by molar-refractivity contribution is 5.86. The van der Waals surface area contributed by atoms with Crippen LogP contribution < -0.4 is 10.1 Å². The van der Waals surface area contributed by atoms with E-state index in [1.54, 1.807) is 18.8 Å². The van der Waals surface area contributed by atoms with Crippen LogP contribution in [0.15, 0.2) is 0 Å². The third-order valence-corrected chi connectivity index (χ3v) is 3.65. The Morgan fingerprint density at radius 1 is 1.57 bits per heavy atom. The summed E-state index contributed by atoms with van der Waals surface area (Å²) in [5.41, 5.74) is 1.69. The van der Waals surface area contributed by atoms with Crippen LogP contribution in [0.25, 0.3) is 0 Å². The van der Waals surface area contributed by atoms with E-state index in [9.17, 15) is 9.59 Å². The van der Waals surface area contributed by atoms with Crippen LogP contribution >= 0.6 is 0 Å². The Morgan fingerprint density at radius 2 is 2.29 bits per heavy atom. The molecule has 1 atom stereocenters. The first-order valence-electron chi connectivity index (χ1n) is 6.74. The SMILES string of the molecule is COc1c(CN2CCNC(=O)C2CC(=O)O)c(C)nn1C. The Balaban J connectivity index is 2.23. The molecule has 1 aliphatic rings. The van der Waals surface area contributed by atoms with E-state index in [-0.39, 0.29) is 12.3 Å². The molecule has 8 heteroatoms. The van der Waals surface area contributed by atoms with Gasteiger partial charge in [-0.15, -0.1) is 0 Å². The van der Waals surface area contributed by atoms with E-state index >= 15 is 0 Å². The molecule has 1 unspecified atom stereocenters. The molecule has 1 aromatic heterocycles. The molecule has 1 saturated heterocycles. The number of carboxylic acids is 1. The summed E-state index contributed by atoms with van der Waals surface area (Å²) in [6, 6.07) is -0.666. The number of aliphatic carboxylic acids is 1. The third-order valence-electron chi connectivity index (χ3n) is 3.65. The number of piperazine rings is 1. The summed E-state index contributed by atoms with van der Waals surface area (Å²) in [6.45, 7) is 3.42. The number of carboxylic acid groups (broad SMARTS) is 1. The number of carbonyl (C=O) groups is 2. The van der Waals surface area contributed by atoms with E-state index in [1.165, 1.54) is 0 Å². The maximum atomic E-state index is 11.9. The summed E-state index contributed by atoms with van der Waals surface area (Å²) in [5.74, 6) is -0.603. The molecule has 0 radical (unpaired) electrons. The van der Waals surface area contributed by atoms with Crippen molar-refractivity contribution in [1.29, 1.82) is 0 Å². The van der Waals surface area contributed by atoms with Gasteiger partial charge < -0.3 is 15.2 Å². The monoisotopic (exact) mass is 296 g/mol. The molecule has 116 valence electrons. The molecule has 21 heavy (non-hydrogen) atoms. The fourth-order valence-corrected chi connectivity index (χ4v) is 2.66. The smallest absolute Gasteiger partial charge is 0.305 e. The highest BCUT2D eigenvalue weighted by Crippen LogP contribution is 2.24. The first-order valence-corrected chi connectivity index (χ1v) is 6.74. The van der Waals surface area contributed by atoms with Gasteiger partial charge in [0.1, 0.15) is 6.04 Å². The molecule has 1 amide bonds. The molecule has 8 nitrogen and oxygen atoms in total. The number of rotatable bonds is 5. The molecule has 1 aromatic rings. The van der Waals surface area contributed by atoms with Crippen molar-refractivity contribution >= 4 is 11.9 Å². The number of nitrogens with zero attached hydrogens (tertiary/aromatic N) is 3. The first kappa shape index (κ1) is 15.3. The molecule has 0 spiro atoms. The van der Waals surface area contributed by atoms with Crippen LogP contribution in [0.5, 0.6) is 5.88 Å². The number of aromatic nitrogens is 2. The number of amides is 1. The number of hydrogen-bond acceptors (Lipinski definition) is 5. The molecule has 0 aromatic carbocycles. The molecule has 0 aliphatic carbocycles. The first-order chi connectivity index (χ1) is 9.93. The van der Waals surface area contributed by atoms with Crippen LogP contribution in [-0.2, 0) is 23.2 Å². The van der Waals surface area contributed by atoms with Gasteiger partial charge in [-0.1, -0.05) is 0 Å². The summed E-state index contributed by atoms with van der Waals surface area (Å²) < 4.78 is 6.98. The number of methoxy groups -OCH3 is 1. The van der Waals surface area contributed by atoms with Gasteiger partial charge in [-0.25, -0.2) is 4.68 Å². The third kappa shape index (κ3) is 3.15. The number of ether oxygens (including phenoxy) is 1. The Labute approximate surface area is 122 Å². The molecular formula is C13H20N4O4. The van der Waals surface area contributed by atoms with E-state index in [1.807, 2.05) is 11.8 Å². The van der Waals surface area contributed by atoms with E-state index in [4.69, 9.17) is 9.84 Å². The summed E-state index contributed by atoms with van der Waals surface area (Å²) in [7, 11) is 3.35. The van der Waals surface area contributed by atoms with Crippen molar-refractivity contribution in [2.45, 2.75) is 25.9 Å². The molecule has 1 aliphatic heterocycles. The van der Waals surface area contributed by atoms with Gasteiger partial charge in [0.25, 0.3) is 0 Å². The lowest BCUT2D eigenvalue weighted by Gasteiger charge is -2.34. The Kier molecular flexibility index (Phi) is 4.46. The van der Waals surface area contributed by atoms with Gasteiger partial charge in [-0.05, 0) is 6.92 Å². The lowest BCUT2D eigenvalue weighted by atomic mass is 10.1. The van der Waals surface area contributed by atoms with E-state index < -0.39 is 12.0 Å². The number of carbonyl (C=O) groups excluding carboxylic acids is 1. The van der Waals surface area contributed by atoms with Crippen molar-refractivity contribution in [3.8, 4) is 5.88 Å². The van der Waals surface area contributed by atoms with Crippen molar-refractivity contribution in [3.63, 3.8) is 0 Å². The largest absolute Gasteiger partial charge is 0.481 e. The van der Waals surface area contributed by atoms with Crippen molar-refractivity contribution in [2.24, 2.45) is 7.05 Å². The summed E-state index contributed by atoms with van der Waals surface area (Å²) in [6.07, 6.45) is -0.215. The number of aryl methyl sites for hydroxylation is 2. The van der Waals surface area contributed by atoms with Crippen LogP contribution in [-0.4, -0.2) is 57.9 Å². The predicted molar refractivity (Wildman–Crippen MR) is 74.0 cm³/mol. The van der Waals surface area contributed by atoms with Crippen LogP contribution in [0.2, 0.25) is 0 Å². The zero-order valence-electron chi connectivity index (χ0n) is 12.4. The van der Waals surface area contributed by atoms with Crippen molar-refractivity contribution < 1.29 is 19.4 Å². The van der Waals surface area contributed by atoms with Crippen molar-refractivity contribution in [3.05, 3.63) is 11.3 Å². The standard InChI is InChI=1S/C13H20N4O4/c1-8-9(13(21-3)16(2)15-8)7-17-5-4-14-12(20)10(17)6-11(18)19/h10H,4-7H2,1-3H3,(H,14,20)(H,18,19). The highest BCUT2D eigenvalue weighted by atomic mass is 16.5. The maximum absolute atomic E-state index is 11.9. The molecule has 2 heterocycles. The fraction of sp³-hybridized carbons (Fsp3) is 0.615.